The van der Waals surface area contributed by atoms with Crippen molar-refractivity contribution in [3.05, 3.63) is 42.1 Å². The van der Waals surface area contributed by atoms with Gasteiger partial charge >= 0.3 is 0 Å². The number of carbonyl (C=O) groups is 1. The van der Waals surface area contributed by atoms with Crippen molar-refractivity contribution in [2.45, 2.75) is 45.4 Å². The van der Waals surface area contributed by atoms with E-state index in [0.29, 0.717) is 16.9 Å². The molecule has 1 aliphatic rings. The topological polar surface area (TPSA) is 81.8 Å². The van der Waals surface area contributed by atoms with Crippen molar-refractivity contribution in [3.8, 4) is 0 Å². The number of nitrogens with zero attached hydrogens (tertiary/aromatic N) is 4. The Morgan fingerprint density at radius 1 is 1.26 bits per heavy atom. The fourth-order valence-electron chi connectivity index (χ4n) is 3.61. The molecule has 0 aromatic carbocycles. The minimum absolute atomic E-state index is 0.193. The second-order valence-corrected chi connectivity index (χ2v) is 9.05. The first-order chi connectivity index (χ1) is 13.0. The van der Waals surface area contributed by atoms with E-state index >= 15 is 0 Å². The summed E-state index contributed by atoms with van der Waals surface area (Å²) in [6, 6.07) is 0. The van der Waals surface area contributed by atoms with E-state index in [1.165, 1.54) is 27.1 Å². The molecule has 3 heterocycles. The van der Waals surface area contributed by atoms with Crippen LogP contribution in [0.25, 0.3) is 10.2 Å². The fourth-order valence-corrected chi connectivity index (χ4v) is 5.63. The van der Waals surface area contributed by atoms with E-state index in [0.717, 1.165) is 39.6 Å². The summed E-state index contributed by atoms with van der Waals surface area (Å²) in [5.41, 5.74) is 4.08. The average Bonchev–Trinajstić information content (AvgIpc) is 3.11. The Balaban J connectivity index is 1.80. The van der Waals surface area contributed by atoms with Crippen LogP contribution in [-0.2, 0) is 19.9 Å². The maximum atomic E-state index is 13.2. The molecule has 27 heavy (non-hydrogen) atoms. The van der Waals surface area contributed by atoms with Crippen LogP contribution in [0.15, 0.2) is 11.0 Å². The highest BCUT2D eigenvalue weighted by Crippen LogP contribution is 2.32. The van der Waals surface area contributed by atoms with Crippen LogP contribution in [0.3, 0.4) is 0 Å². The van der Waals surface area contributed by atoms with Crippen LogP contribution in [-0.4, -0.2) is 25.3 Å². The third-order valence-corrected chi connectivity index (χ3v) is 6.95. The Kier molecular flexibility index (Phi) is 5.06. The first-order valence-electron chi connectivity index (χ1n) is 9.00. The van der Waals surface area contributed by atoms with Crippen LogP contribution >= 0.6 is 33.9 Å². The monoisotopic (exact) mass is 497 g/mol. The van der Waals surface area contributed by atoms with Crippen LogP contribution in [0.1, 0.15) is 52.4 Å². The van der Waals surface area contributed by atoms with Gasteiger partial charge in [0.2, 0.25) is 0 Å². The maximum Gasteiger partial charge on any atom is 0.289 e. The molecule has 0 saturated heterocycles. The van der Waals surface area contributed by atoms with E-state index in [-0.39, 0.29) is 11.5 Å². The summed E-state index contributed by atoms with van der Waals surface area (Å²) in [5, 5.41) is 4.76. The summed E-state index contributed by atoms with van der Waals surface area (Å²) in [6.07, 6.45) is 8.21. The summed E-state index contributed by atoms with van der Waals surface area (Å²) < 4.78 is 3.51. The molecule has 0 fully saturated rings. The van der Waals surface area contributed by atoms with Crippen LogP contribution in [0, 0.1) is 10.5 Å². The average molecular weight is 497 g/mol. The molecule has 3 aromatic heterocycles. The van der Waals surface area contributed by atoms with E-state index in [2.05, 4.69) is 38.1 Å². The van der Waals surface area contributed by atoms with E-state index in [1.54, 1.807) is 31.5 Å². The molecule has 0 aliphatic heterocycles. The van der Waals surface area contributed by atoms with E-state index in [9.17, 15) is 9.59 Å². The molecular formula is C18H20IN5O2S. The number of carbonyl (C=O) groups excluding carboxylic acids is 1. The Morgan fingerprint density at radius 3 is 2.70 bits per heavy atom. The number of aryl methyl sites for hydroxylation is 4. The molecule has 1 N–H and O–H groups in total. The Hall–Kier alpha value is -1.75. The lowest BCUT2D eigenvalue weighted by atomic mass is 9.98. The second kappa shape index (κ2) is 7.34. The van der Waals surface area contributed by atoms with Gasteiger partial charge in [-0.2, -0.15) is 5.10 Å². The predicted molar refractivity (Wildman–Crippen MR) is 114 cm³/mol. The minimum atomic E-state index is -0.371. The molecule has 0 radical (unpaired) electrons. The van der Waals surface area contributed by atoms with Gasteiger partial charge in [-0.15, -0.1) is 11.3 Å². The molecule has 1 aliphatic carbocycles. The molecule has 0 saturated carbocycles. The van der Waals surface area contributed by atoms with Crippen LogP contribution in [0.5, 0.6) is 0 Å². The summed E-state index contributed by atoms with van der Waals surface area (Å²) >= 11 is 3.69. The molecule has 142 valence electrons. The first kappa shape index (κ1) is 18.6. The lowest BCUT2D eigenvalue weighted by molar-refractivity contribution is 0.0996. The number of halogens is 1. The van der Waals surface area contributed by atoms with Gasteiger partial charge in [-0.1, -0.05) is 12.8 Å². The largest absolute Gasteiger partial charge is 0.289 e. The van der Waals surface area contributed by atoms with Crippen molar-refractivity contribution in [2.75, 3.05) is 5.43 Å². The Bertz CT molecular complexity index is 1080. The standard InChI is InChI=1S/C18H20IN5O2S/c1-10-21-17-14(11-7-5-3-4-6-8-13(11)27-17)18(26)24(10)22-16(25)15-12(19)9-20-23(15)2/h9H,3-8H2,1-2H3,(H,22,25). The third kappa shape index (κ3) is 3.31. The first-order valence-corrected chi connectivity index (χ1v) is 10.9. The lowest BCUT2D eigenvalue weighted by Gasteiger charge is -2.12. The number of nitrogens with one attached hydrogen (secondary N) is 1. The number of thiophene rings is 1. The van der Waals surface area contributed by atoms with Gasteiger partial charge in [0.25, 0.3) is 11.5 Å². The van der Waals surface area contributed by atoms with Gasteiger partial charge in [-0.05, 0) is 60.8 Å². The van der Waals surface area contributed by atoms with Gasteiger partial charge in [0.1, 0.15) is 16.3 Å². The smallest absolute Gasteiger partial charge is 0.267 e. The number of hydrogen-bond donors (Lipinski definition) is 1. The van der Waals surface area contributed by atoms with Gasteiger partial charge in [0.15, 0.2) is 0 Å². The summed E-state index contributed by atoms with van der Waals surface area (Å²) in [7, 11) is 1.70. The van der Waals surface area contributed by atoms with Crippen molar-refractivity contribution in [1.29, 1.82) is 0 Å². The SMILES string of the molecule is Cc1nc2sc3c(c2c(=O)n1NC(=O)c1c(I)cnn1C)CCCCCC3. The zero-order chi connectivity index (χ0) is 19.1. The van der Waals surface area contributed by atoms with Gasteiger partial charge in [-0.3, -0.25) is 19.7 Å². The highest BCUT2D eigenvalue weighted by molar-refractivity contribution is 14.1. The number of aromatic nitrogens is 4. The molecule has 0 bridgehead atoms. The normalized spacial score (nSPS) is 14.6. The van der Waals surface area contributed by atoms with Crippen molar-refractivity contribution in [3.63, 3.8) is 0 Å². The minimum Gasteiger partial charge on any atom is -0.267 e. The van der Waals surface area contributed by atoms with E-state index in [4.69, 9.17) is 0 Å². The quantitative estimate of drug-likeness (QED) is 0.552. The Labute approximate surface area is 173 Å². The van der Waals surface area contributed by atoms with Crippen LogP contribution < -0.4 is 11.0 Å². The van der Waals surface area contributed by atoms with Gasteiger partial charge in [0, 0.05) is 11.9 Å². The van der Waals surface area contributed by atoms with Gasteiger partial charge < -0.3 is 0 Å². The highest BCUT2D eigenvalue weighted by Gasteiger charge is 2.22. The summed E-state index contributed by atoms with van der Waals surface area (Å²) in [6.45, 7) is 1.74. The number of rotatable bonds is 2. The van der Waals surface area contributed by atoms with Gasteiger partial charge in [0.05, 0.1) is 15.2 Å². The third-order valence-electron chi connectivity index (χ3n) is 4.98. The lowest BCUT2D eigenvalue weighted by Crippen LogP contribution is -2.36. The molecular weight excluding hydrogens is 477 g/mol. The number of amides is 1. The van der Waals surface area contributed by atoms with Crippen molar-refractivity contribution < 1.29 is 4.79 Å². The van der Waals surface area contributed by atoms with Crippen LogP contribution in [0.4, 0.5) is 0 Å². The zero-order valence-electron chi connectivity index (χ0n) is 15.2. The fraction of sp³-hybridized carbons (Fsp3) is 0.444. The molecule has 4 rings (SSSR count). The zero-order valence-corrected chi connectivity index (χ0v) is 18.2. The number of hydrogen-bond acceptors (Lipinski definition) is 5. The Morgan fingerprint density at radius 2 is 2.00 bits per heavy atom. The molecule has 0 unspecified atom stereocenters. The highest BCUT2D eigenvalue weighted by atomic mass is 127. The molecule has 7 nitrogen and oxygen atoms in total. The van der Waals surface area contributed by atoms with Gasteiger partial charge in [-0.25, -0.2) is 9.66 Å². The maximum absolute atomic E-state index is 13.2. The van der Waals surface area contributed by atoms with Crippen molar-refractivity contribution >= 4 is 50.1 Å². The molecule has 1 amide bonds. The molecule has 0 atom stereocenters. The van der Waals surface area contributed by atoms with E-state index in [1.807, 2.05) is 0 Å². The molecule has 9 heteroatoms. The second-order valence-electron chi connectivity index (χ2n) is 6.80. The number of fused-ring (bicyclic) bond motifs is 3. The van der Waals surface area contributed by atoms with Crippen LogP contribution in [0.2, 0.25) is 0 Å². The van der Waals surface area contributed by atoms with Crippen molar-refractivity contribution in [1.82, 2.24) is 19.4 Å². The van der Waals surface area contributed by atoms with Crippen molar-refractivity contribution in [2.24, 2.45) is 7.05 Å². The molecule has 0 spiro atoms. The molecule has 3 aromatic rings. The predicted octanol–water partition coefficient (Wildman–Crippen LogP) is 3.15. The summed E-state index contributed by atoms with van der Waals surface area (Å²) in [4.78, 5) is 32.7. The summed E-state index contributed by atoms with van der Waals surface area (Å²) in [5.74, 6) is 0.108. The van der Waals surface area contributed by atoms with E-state index < -0.39 is 0 Å².